The maximum atomic E-state index is 12.8. The molecule has 0 fully saturated rings. The highest BCUT2D eigenvalue weighted by molar-refractivity contribution is 5.97. The molecule has 108 valence electrons. The summed E-state index contributed by atoms with van der Waals surface area (Å²) >= 11 is 0. The van der Waals surface area contributed by atoms with Crippen molar-refractivity contribution in [2.45, 2.75) is 5.92 Å². The van der Waals surface area contributed by atoms with E-state index in [1.54, 1.807) is 6.20 Å². The molecule has 0 aliphatic rings. The van der Waals surface area contributed by atoms with Gasteiger partial charge in [0.1, 0.15) is 5.92 Å². The lowest BCUT2D eigenvalue weighted by atomic mass is 9.94. The Labute approximate surface area is 129 Å². The number of amides is 1. The van der Waals surface area contributed by atoms with Gasteiger partial charge in [-0.05, 0) is 29.8 Å². The van der Waals surface area contributed by atoms with E-state index < -0.39 is 5.92 Å². The van der Waals surface area contributed by atoms with E-state index in [9.17, 15) is 4.79 Å². The summed E-state index contributed by atoms with van der Waals surface area (Å²) in [4.78, 5) is 17.1. The Morgan fingerprint density at radius 2 is 1.45 bits per heavy atom. The van der Waals surface area contributed by atoms with E-state index in [1.807, 2.05) is 78.9 Å². The van der Waals surface area contributed by atoms with Crippen molar-refractivity contribution in [1.29, 1.82) is 0 Å². The number of pyridine rings is 1. The number of carbonyl (C=O) groups is 1. The van der Waals surface area contributed by atoms with Crippen molar-refractivity contribution >= 4 is 11.6 Å². The lowest BCUT2D eigenvalue weighted by molar-refractivity contribution is -0.116. The van der Waals surface area contributed by atoms with Crippen molar-refractivity contribution in [3.8, 4) is 0 Å². The molecule has 1 unspecified atom stereocenters. The molecule has 0 saturated carbocycles. The summed E-state index contributed by atoms with van der Waals surface area (Å²) in [6.45, 7) is 0. The topological polar surface area (TPSA) is 42.0 Å². The van der Waals surface area contributed by atoms with E-state index in [0.717, 1.165) is 16.9 Å². The largest absolute Gasteiger partial charge is 0.325 e. The molecule has 1 N–H and O–H groups in total. The number of para-hydroxylation sites is 1. The fourth-order valence-electron chi connectivity index (χ4n) is 2.38. The standard InChI is InChI=1S/C19H16N2O/c22-19(21-16-11-5-2-6-12-16)18(15-9-3-1-4-10-15)17-13-7-8-14-20-17/h1-14,18H,(H,21,22). The van der Waals surface area contributed by atoms with Gasteiger partial charge in [-0.3, -0.25) is 9.78 Å². The lowest BCUT2D eigenvalue weighted by Crippen LogP contribution is -2.22. The van der Waals surface area contributed by atoms with Crippen LogP contribution in [0.25, 0.3) is 0 Å². The van der Waals surface area contributed by atoms with Gasteiger partial charge in [0.15, 0.2) is 0 Å². The second-order valence-corrected chi connectivity index (χ2v) is 4.95. The molecule has 1 heterocycles. The van der Waals surface area contributed by atoms with Crippen molar-refractivity contribution in [3.63, 3.8) is 0 Å². The smallest absolute Gasteiger partial charge is 0.237 e. The zero-order valence-electron chi connectivity index (χ0n) is 12.0. The van der Waals surface area contributed by atoms with Gasteiger partial charge in [0.25, 0.3) is 0 Å². The van der Waals surface area contributed by atoms with Crippen LogP contribution in [0.15, 0.2) is 85.1 Å². The summed E-state index contributed by atoms with van der Waals surface area (Å²) in [5, 5.41) is 2.96. The molecule has 0 saturated heterocycles. The fourth-order valence-corrected chi connectivity index (χ4v) is 2.38. The first-order chi connectivity index (χ1) is 10.8. The fraction of sp³-hybridized carbons (Fsp3) is 0.0526. The third-order valence-electron chi connectivity index (χ3n) is 3.42. The van der Waals surface area contributed by atoms with Crippen molar-refractivity contribution in [2.75, 3.05) is 5.32 Å². The molecule has 1 aromatic heterocycles. The predicted octanol–water partition coefficient (Wildman–Crippen LogP) is 3.85. The first kappa shape index (κ1) is 14.0. The maximum Gasteiger partial charge on any atom is 0.237 e. The molecule has 0 aliphatic heterocycles. The SMILES string of the molecule is O=C(Nc1ccccc1)C(c1ccccc1)c1ccccn1. The van der Waals surface area contributed by atoms with Crippen LogP contribution in [0.5, 0.6) is 0 Å². The molecular formula is C19H16N2O. The summed E-state index contributed by atoms with van der Waals surface area (Å²) < 4.78 is 0. The number of nitrogens with zero attached hydrogens (tertiary/aromatic N) is 1. The second-order valence-electron chi connectivity index (χ2n) is 4.95. The van der Waals surface area contributed by atoms with Crippen LogP contribution in [-0.4, -0.2) is 10.9 Å². The zero-order valence-corrected chi connectivity index (χ0v) is 12.0. The average molecular weight is 288 g/mol. The van der Waals surface area contributed by atoms with E-state index in [-0.39, 0.29) is 5.91 Å². The summed E-state index contributed by atoms with van der Waals surface area (Å²) in [6, 6.07) is 24.8. The van der Waals surface area contributed by atoms with Gasteiger partial charge in [-0.15, -0.1) is 0 Å². The van der Waals surface area contributed by atoms with Crippen molar-refractivity contribution < 1.29 is 4.79 Å². The summed E-state index contributed by atoms with van der Waals surface area (Å²) in [7, 11) is 0. The van der Waals surface area contributed by atoms with Crippen LogP contribution in [0.2, 0.25) is 0 Å². The van der Waals surface area contributed by atoms with Crippen LogP contribution in [0.3, 0.4) is 0 Å². The molecule has 3 nitrogen and oxygen atoms in total. The number of hydrogen-bond donors (Lipinski definition) is 1. The number of rotatable bonds is 4. The summed E-state index contributed by atoms with van der Waals surface area (Å²) in [5.74, 6) is -0.515. The molecule has 0 radical (unpaired) electrons. The number of nitrogens with one attached hydrogen (secondary N) is 1. The minimum Gasteiger partial charge on any atom is -0.325 e. The highest BCUT2D eigenvalue weighted by atomic mass is 16.1. The molecule has 3 aromatic rings. The summed E-state index contributed by atoms with van der Waals surface area (Å²) in [6.07, 6.45) is 1.71. The van der Waals surface area contributed by atoms with Gasteiger partial charge in [-0.2, -0.15) is 0 Å². The minimum absolute atomic E-state index is 0.0869. The van der Waals surface area contributed by atoms with Gasteiger partial charge in [0, 0.05) is 11.9 Å². The van der Waals surface area contributed by atoms with Crippen LogP contribution in [0, 0.1) is 0 Å². The summed E-state index contributed by atoms with van der Waals surface area (Å²) in [5.41, 5.74) is 2.45. The highest BCUT2D eigenvalue weighted by Gasteiger charge is 2.23. The first-order valence-electron chi connectivity index (χ1n) is 7.16. The third kappa shape index (κ3) is 3.20. The third-order valence-corrected chi connectivity index (χ3v) is 3.42. The van der Waals surface area contributed by atoms with E-state index in [4.69, 9.17) is 0 Å². The maximum absolute atomic E-state index is 12.8. The van der Waals surface area contributed by atoms with E-state index in [0.29, 0.717) is 0 Å². The van der Waals surface area contributed by atoms with Gasteiger partial charge in [0.05, 0.1) is 5.69 Å². The van der Waals surface area contributed by atoms with Gasteiger partial charge in [0.2, 0.25) is 5.91 Å². The quantitative estimate of drug-likeness (QED) is 0.792. The number of anilines is 1. The predicted molar refractivity (Wildman–Crippen MR) is 87.6 cm³/mol. The molecule has 0 bridgehead atoms. The van der Waals surface area contributed by atoms with Crippen molar-refractivity contribution in [1.82, 2.24) is 4.98 Å². The molecule has 3 heteroatoms. The highest BCUT2D eigenvalue weighted by Crippen LogP contribution is 2.24. The Kier molecular flexibility index (Phi) is 4.25. The van der Waals surface area contributed by atoms with Gasteiger partial charge >= 0.3 is 0 Å². The van der Waals surface area contributed by atoms with Gasteiger partial charge in [-0.1, -0.05) is 54.6 Å². The normalized spacial score (nSPS) is 11.6. The monoisotopic (exact) mass is 288 g/mol. The molecular weight excluding hydrogens is 272 g/mol. The van der Waals surface area contributed by atoms with Crippen LogP contribution in [0.4, 0.5) is 5.69 Å². The average Bonchev–Trinajstić information content (AvgIpc) is 2.58. The van der Waals surface area contributed by atoms with E-state index in [1.165, 1.54) is 0 Å². The number of hydrogen-bond acceptors (Lipinski definition) is 2. The van der Waals surface area contributed by atoms with Crippen LogP contribution >= 0.6 is 0 Å². The Morgan fingerprint density at radius 3 is 2.09 bits per heavy atom. The van der Waals surface area contributed by atoms with Crippen LogP contribution in [-0.2, 0) is 4.79 Å². The van der Waals surface area contributed by atoms with Gasteiger partial charge in [-0.25, -0.2) is 0 Å². The Balaban J connectivity index is 1.94. The lowest BCUT2D eigenvalue weighted by Gasteiger charge is -2.17. The molecule has 0 aliphatic carbocycles. The van der Waals surface area contributed by atoms with Crippen molar-refractivity contribution in [3.05, 3.63) is 96.3 Å². The van der Waals surface area contributed by atoms with Crippen LogP contribution in [0.1, 0.15) is 17.2 Å². The number of benzene rings is 2. The van der Waals surface area contributed by atoms with E-state index in [2.05, 4.69) is 10.3 Å². The Hall–Kier alpha value is -2.94. The molecule has 1 atom stereocenters. The Morgan fingerprint density at radius 1 is 0.818 bits per heavy atom. The molecule has 3 rings (SSSR count). The zero-order chi connectivity index (χ0) is 15.2. The second kappa shape index (κ2) is 6.68. The van der Waals surface area contributed by atoms with E-state index >= 15 is 0 Å². The molecule has 0 spiro atoms. The molecule has 1 amide bonds. The van der Waals surface area contributed by atoms with Gasteiger partial charge < -0.3 is 5.32 Å². The Bertz CT molecular complexity index is 688. The van der Waals surface area contributed by atoms with Crippen LogP contribution < -0.4 is 5.32 Å². The number of carbonyl (C=O) groups excluding carboxylic acids is 1. The number of aromatic nitrogens is 1. The minimum atomic E-state index is -0.428. The van der Waals surface area contributed by atoms with Crippen molar-refractivity contribution in [2.24, 2.45) is 0 Å². The first-order valence-corrected chi connectivity index (χ1v) is 7.16. The molecule has 2 aromatic carbocycles. The molecule has 22 heavy (non-hydrogen) atoms.